The third kappa shape index (κ3) is 4.92. The van der Waals surface area contributed by atoms with Crippen LogP contribution in [0.25, 0.3) is 0 Å². The number of hydrogen-bond acceptors (Lipinski definition) is 7. The number of methoxy groups -OCH3 is 2. The molecule has 106 valence electrons. The highest BCUT2D eigenvalue weighted by Crippen LogP contribution is 2.17. The third-order valence-electron chi connectivity index (χ3n) is 2.30. The van der Waals surface area contributed by atoms with Gasteiger partial charge in [-0.3, -0.25) is 10.1 Å². The quantitative estimate of drug-likeness (QED) is 0.753. The zero-order valence-electron chi connectivity index (χ0n) is 11.2. The molecule has 0 saturated heterocycles. The van der Waals surface area contributed by atoms with Gasteiger partial charge in [0.05, 0.1) is 26.3 Å². The van der Waals surface area contributed by atoms with Crippen LogP contribution >= 0.6 is 11.8 Å². The first-order valence-electron chi connectivity index (χ1n) is 5.63. The number of aromatic nitrogens is 2. The summed E-state index contributed by atoms with van der Waals surface area (Å²) in [4.78, 5) is 19.8. The van der Waals surface area contributed by atoms with Crippen LogP contribution in [0.4, 0.5) is 5.95 Å². The number of thioether (sulfide) groups is 1. The maximum absolute atomic E-state index is 11.8. The SMILES string of the molecule is COc1cc(OC)nc(NC(=O)[C@@H](N)CCSC)n1. The number of nitrogens with one attached hydrogen (secondary N) is 1. The molecule has 1 aromatic heterocycles. The molecule has 0 unspecified atom stereocenters. The minimum absolute atomic E-state index is 0.112. The van der Waals surface area contributed by atoms with Gasteiger partial charge in [-0.2, -0.15) is 21.7 Å². The van der Waals surface area contributed by atoms with Gasteiger partial charge in [0.1, 0.15) is 0 Å². The second-order valence-corrected chi connectivity index (χ2v) is 4.64. The summed E-state index contributed by atoms with van der Waals surface area (Å²) in [6.45, 7) is 0. The molecule has 1 rings (SSSR count). The summed E-state index contributed by atoms with van der Waals surface area (Å²) in [5.41, 5.74) is 5.75. The summed E-state index contributed by atoms with van der Waals surface area (Å²) >= 11 is 1.63. The maximum atomic E-state index is 11.8. The van der Waals surface area contributed by atoms with Crippen molar-refractivity contribution in [3.8, 4) is 11.8 Å². The lowest BCUT2D eigenvalue weighted by atomic mass is 10.2. The Morgan fingerprint density at radius 2 is 2.00 bits per heavy atom. The lowest BCUT2D eigenvalue weighted by molar-refractivity contribution is -0.117. The lowest BCUT2D eigenvalue weighted by Gasteiger charge is -2.11. The van der Waals surface area contributed by atoms with E-state index in [-0.39, 0.29) is 11.9 Å². The summed E-state index contributed by atoms with van der Waals surface area (Å²) in [7, 11) is 2.94. The first kappa shape index (κ1) is 15.5. The Bertz CT molecular complexity index is 408. The fraction of sp³-hybridized carbons (Fsp3) is 0.545. The van der Waals surface area contributed by atoms with Gasteiger partial charge in [-0.25, -0.2) is 0 Å². The molecule has 0 aliphatic heterocycles. The summed E-state index contributed by atoms with van der Waals surface area (Å²) in [6, 6.07) is 0.928. The van der Waals surface area contributed by atoms with Crippen LogP contribution in [0.1, 0.15) is 6.42 Å². The lowest BCUT2D eigenvalue weighted by Crippen LogP contribution is -2.36. The topological polar surface area (TPSA) is 99.4 Å². The molecule has 1 amide bonds. The molecule has 1 aromatic rings. The van der Waals surface area contributed by atoms with Crippen LogP contribution in [0.2, 0.25) is 0 Å². The Balaban J connectivity index is 2.72. The van der Waals surface area contributed by atoms with E-state index in [1.54, 1.807) is 11.8 Å². The van der Waals surface area contributed by atoms with Crippen LogP contribution in [0, 0.1) is 0 Å². The Morgan fingerprint density at radius 1 is 1.42 bits per heavy atom. The minimum atomic E-state index is -0.590. The second-order valence-electron chi connectivity index (χ2n) is 3.65. The minimum Gasteiger partial charge on any atom is -0.481 e. The molecule has 0 fully saturated rings. The van der Waals surface area contributed by atoms with Gasteiger partial charge in [-0.05, 0) is 18.4 Å². The van der Waals surface area contributed by atoms with E-state index >= 15 is 0 Å². The predicted octanol–water partition coefficient (Wildman–Crippen LogP) is 0.513. The van der Waals surface area contributed by atoms with Crippen LogP contribution < -0.4 is 20.5 Å². The molecule has 0 bridgehead atoms. The van der Waals surface area contributed by atoms with Gasteiger partial charge in [0, 0.05) is 0 Å². The Kier molecular flexibility index (Phi) is 6.37. The van der Waals surface area contributed by atoms with Gasteiger partial charge in [-0.15, -0.1) is 0 Å². The van der Waals surface area contributed by atoms with E-state index in [1.807, 2.05) is 6.26 Å². The molecule has 3 N–H and O–H groups in total. The van der Waals surface area contributed by atoms with Crippen LogP contribution in [0.5, 0.6) is 11.8 Å². The molecular formula is C11H18N4O3S. The van der Waals surface area contributed by atoms with Crippen molar-refractivity contribution in [2.45, 2.75) is 12.5 Å². The smallest absolute Gasteiger partial charge is 0.243 e. The Hall–Kier alpha value is -1.54. The van der Waals surface area contributed by atoms with Gasteiger partial charge < -0.3 is 15.2 Å². The van der Waals surface area contributed by atoms with Crippen molar-refractivity contribution in [2.75, 3.05) is 31.5 Å². The third-order valence-corrected chi connectivity index (χ3v) is 2.95. The Labute approximate surface area is 116 Å². The molecule has 1 atom stereocenters. The molecule has 8 heteroatoms. The molecule has 0 saturated carbocycles. The number of anilines is 1. The van der Waals surface area contributed by atoms with Crippen molar-refractivity contribution in [1.82, 2.24) is 9.97 Å². The Morgan fingerprint density at radius 3 is 2.47 bits per heavy atom. The van der Waals surface area contributed by atoms with E-state index in [2.05, 4.69) is 15.3 Å². The predicted molar refractivity (Wildman–Crippen MR) is 74.7 cm³/mol. The second kappa shape index (κ2) is 7.80. The molecular weight excluding hydrogens is 268 g/mol. The van der Waals surface area contributed by atoms with Crippen molar-refractivity contribution in [2.24, 2.45) is 5.73 Å². The molecule has 0 spiro atoms. The van der Waals surface area contributed by atoms with Gasteiger partial charge in [-0.1, -0.05) is 0 Å². The van der Waals surface area contributed by atoms with E-state index in [0.29, 0.717) is 18.2 Å². The number of carbonyl (C=O) groups excluding carboxylic acids is 1. The zero-order valence-corrected chi connectivity index (χ0v) is 12.0. The van der Waals surface area contributed by atoms with E-state index in [9.17, 15) is 4.79 Å². The van der Waals surface area contributed by atoms with Crippen LogP contribution in [-0.4, -0.2) is 48.1 Å². The number of nitrogens with zero attached hydrogens (tertiary/aromatic N) is 2. The molecule has 19 heavy (non-hydrogen) atoms. The van der Waals surface area contributed by atoms with Gasteiger partial charge >= 0.3 is 0 Å². The monoisotopic (exact) mass is 286 g/mol. The molecule has 0 aromatic carbocycles. The molecule has 0 aliphatic carbocycles. The van der Waals surface area contributed by atoms with Crippen LogP contribution in [0.15, 0.2) is 6.07 Å². The standard InChI is InChI=1S/C11H18N4O3S/c1-17-8-6-9(18-2)14-11(13-8)15-10(16)7(12)4-5-19-3/h6-7H,4-5,12H2,1-3H3,(H,13,14,15,16)/t7-/m0/s1. The van der Waals surface area contributed by atoms with Gasteiger partial charge in [0.2, 0.25) is 23.6 Å². The molecule has 7 nitrogen and oxygen atoms in total. The van der Waals surface area contributed by atoms with Crippen molar-refractivity contribution in [1.29, 1.82) is 0 Å². The van der Waals surface area contributed by atoms with E-state index in [4.69, 9.17) is 15.2 Å². The first-order valence-corrected chi connectivity index (χ1v) is 7.02. The molecule has 0 aliphatic rings. The average Bonchev–Trinajstić information content (AvgIpc) is 2.43. The summed E-state index contributed by atoms with van der Waals surface area (Å²) in [6.07, 6.45) is 2.55. The summed E-state index contributed by atoms with van der Waals surface area (Å²) < 4.78 is 9.97. The normalized spacial score (nSPS) is 11.8. The average molecular weight is 286 g/mol. The van der Waals surface area contributed by atoms with Crippen molar-refractivity contribution >= 4 is 23.6 Å². The van der Waals surface area contributed by atoms with Crippen molar-refractivity contribution < 1.29 is 14.3 Å². The highest BCUT2D eigenvalue weighted by atomic mass is 32.2. The number of nitrogens with two attached hydrogens (primary N) is 1. The van der Waals surface area contributed by atoms with E-state index in [1.165, 1.54) is 20.3 Å². The number of amides is 1. The highest BCUT2D eigenvalue weighted by molar-refractivity contribution is 7.98. The number of hydrogen-bond donors (Lipinski definition) is 2. The highest BCUT2D eigenvalue weighted by Gasteiger charge is 2.15. The van der Waals surface area contributed by atoms with Crippen LogP contribution in [0.3, 0.4) is 0 Å². The molecule has 1 heterocycles. The number of rotatable bonds is 7. The fourth-order valence-corrected chi connectivity index (χ4v) is 1.74. The number of carbonyl (C=O) groups is 1. The number of ether oxygens (including phenoxy) is 2. The first-order chi connectivity index (χ1) is 9.10. The van der Waals surface area contributed by atoms with Gasteiger partial charge in [0.25, 0.3) is 0 Å². The largest absolute Gasteiger partial charge is 0.481 e. The van der Waals surface area contributed by atoms with E-state index in [0.717, 1.165) is 5.75 Å². The van der Waals surface area contributed by atoms with Crippen molar-refractivity contribution in [3.05, 3.63) is 6.07 Å². The summed E-state index contributed by atoms with van der Waals surface area (Å²) in [5.74, 6) is 1.21. The van der Waals surface area contributed by atoms with E-state index < -0.39 is 6.04 Å². The fourth-order valence-electron chi connectivity index (χ4n) is 1.25. The maximum Gasteiger partial charge on any atom is 0.243 e. The summed E-state index contributed by atoms with van der Waals surface area (Å²) in [5, 5.41) is 2.54. The zero-order chi connectivity index (χ0) is 14.3. The van der Waals surface area contributed by atoms with Crippen LogP contribution in [-0.2, 0) is 4.79 Å². The van der Waals surface area contributed by atoms with Crippen molar-refractivity contribution in [3.63, 3.8) is 0 Å². The molecule has 0 radical (unpaired) electrons. The van der Waals surface area contributed by atoms with Gasteiger partial charge in [0.15, 0.2) is 0 Å².